The van der Waals surface area contributed by atoms with Crippen LogP contribution >= 0.6 is 12.6 Å². The highest BCUT2D eigenvalue weighted by Crippen LogP contribution is 2.26. The lowest BCUT2D eigenvalue weighted by atomic mass is 10.0. The minimum absolute atomic E-state index is 0.0284. The summed E-state index contributed by atoms with van der Waals surface area (Å²) in [5, 5.41) is 1.81. The summed E-state index contributed by atoms with van der Waals surface area (Å²) in [6.45, 7) is 0. The number of fused-ring (bicyclic) bond motifs is 3. The molecule has 1 aromatic rings. The minimum atomic E-state index is -0.0284. The second-order valence-electron chi connectivity index (χ2n) is 4.01. The van der Waals surface area contributed by atoms with Crippen molar-refractivity contribution >= 4 is 23.4 Å². The molecule has 1 aromatic heterocycles. The second-order valence-corrected chi connectivity index (χ2v) is 4.33. The van der Waals surface area contributed by atoms with Crippen molar-refractivity contribution in [1.82, 2.24) is 9.97 Å². The van der Waals surface area contributed by atoms with Crippen molar-refractivity contribution in [2.75, 3.05) is 0 Å². The normalized spacial score (nSPS) is 10.9. The molecule has 1 aliphatic carbocycles. The minimum Gasteiger partial charge on any atom is -0.289 e. The van der Waals surface area contributed by atoms with Crippen LogP contribution in [0, 0.1) is 0 Å². The summed E-state index contributed by atoms with van der Waals surface area (Å²) in [5.74, 6) is 0.572. The van der Waals surface area contributed by atoms with Gasteiger partial charge in [-0.15, -0.1) is 0 Å². The third-order valence-electron chi connectivity index (χ3n) is 2.97. The maximum Gasteiger partial charge on any atom is 0.188 e. The number of nitrogens with zero attached hydrogens (tertiary/aromatic N) is 2. The number of aromatic nitrogens is 2. The summed E-state index contributed by atoms with van der Waals surface area (Å²) in [7, 11) is 0. The van der Waals surface area contributed by atoms with Gasteiger partial charge in [-0.3, -0.25) is 14.8 Å². The van der Waals surface area contributed by atoms with Crippen molar-refractivity contribution in [1.29, 1.82) is 0 Å². The Balaban J connectivity index is 2.62. The molecule has 18 heavy (non-hydrogen) atoms. The van der Waals surface area contributed by atoms with Crippen LogP contribution in [0.15, 0.2) is 47.7 Å². The molecule has 0 bridgehead atoms. The molecule has 2 aliphatic rings. The summed E-state index contributed by atoms with van der Waals surface area (Å²) >= 11 is 4.31. The number of rotatable bonds is 1. The summed E-state index contributed by atoms with van der Waals surface area (Å²) < 4.78 is 0. The van der Waals surface area contributed by atoms with Crippen molar-refractivity contribution in [2.24, 2.45) is 0 Å². The molecule has 3 nitrogen and oxygen atoms in total. The lowest BCUT2D eigenvalue weighted by Gasteiger charge is -2.01. The molecule has 0 N–H and O–H groups in total. The highest BCUT2D eigenvalue weighted by atomic mass is 32.1. The first-order chi connectivity index (χ1) is 8.81. The standard InChI is InChI=1S/C14H10N2OS/c17-13-3-1-2-12-14(13)11-7-15-5-4-10(11)9(8-18)6-16-12/h1-7,18H,8H2. The van der Waals surface area contributed by atoms with Gasteiger partial charge in [0.15, 0.2) is 5.43 Å². The van der Waals surface area contributed by atoms with Crippen molar-refractivity contribution in [2.45, 2.75) is 5.75 Å². The Morgan fingerprint density at radius 1 is 1.11 bits per heavy atom. The first kappa shape index (κ1) is 11.2. The Morgan fingerprint density at radius 2 is 2.00 bits per heavy atom. The molecule has 88 valence electrons. The Morgan fingerprint density at radius 3 is 2.83 bits per heavy atom. The third kappa shape index (κ3) is 1.66. The maximum absolute atomic E-state index is 12.0. The average molecular weight is 254 g/mol. The zero-order valence-electron chi connectivity index (χ0n) is 9.50. The van der Waals surface area contributed by atoms with E-state index in [9.17, 15) is 4.79 Å². The molecule has 0 spiro atoms. The van der Waals surface area contributed by atoms with Crippen molar-refractivity contribution in [3.05, 3.63) is 58.6 Å². The van der Waals surface area contributed by atoms with E-state index in [4.69, 9.17) is 0 Å². The van der Waals surface area contributed by atoms with Gasteiger partial charge in [0.2, 0.25) is 0 Å². The molecular formula is C14H10N2OS. The van der Waals surface area contributed by atoms with Gasteiger partial charge in [0.05, 0.1) is 11.3 Å². The first-order valence-electron chi connectivity index (χ1n) is 5.57. The molecule has 1 aliphatic heterocycles. The van der Waals surface area contributed by atoms with Crippen LogP contribution in [0.4, 0.5) is 0 Å². The van der Waals surface area contributed by atoms with E-state index in [2.05, 4.69) is 22.6 Å². The lowest BCUT2D eigenvalue weighted by Crippen LogP contribution is -2.03. The highest BCUT2D eigenvalue weighted by molar-refractivity contribution is 7.79. The molecule has 4 heteroatoms. The molecular weight excluding hydrogens is 244 g/mol. The van der Waals surface area contributed by atoms with Gasteiger partial charge in [-0.2, -0.15) is 12.6 Å². The molecule has 0 fully saturated rings. The number of thiol groups is 1. The van der Waals surface area contributed by atoms with Gasteiger partial charge >= 0.3 is 0 Å². The largest absolute Gasteiger partial charge is 0.289 e. The fraction of sp³-hybridized carbons (Fsp3) is 0.0714. The number of benzene rings is 1. The monoisotopic (exact) mass is 254 g/mol. The van der Waals surface area contributed by atoms with Gasteiger partial charge in [-0.1, -0.05) is 6.07 Å². The van der Waals surface area contributed by atoms with Gasteiger partial charge < -0.3 is 0 Å². The van der Waals surface area contributed by atoms with Crippen LogP contribution in [0.1, 0.15) is 5.56 Å². The van der Waals surface area contributed by atoms with E-state index >= 15 is 0 Å². The van der Waals surface area contributed by atoms with Gasteiger partial charge in [-0.05, 0) is 29.1 Å². The SMILES string of the molecule is O=c1cccc2ncc(CS)c3ccncc3c1-2. The summed E-state index contributed by atoms with van der Waals surface area (Å²) in [5.41, 5.74) is 2.27. The van der Waals surface area contributed by atoms with Crippen molar-refractivity contribution in [3.63, 3.8) is 0 Å². The number of pyridine rings is 1. The van der Waals surface area contributed by atoms with Gasteiger partial charge in [0.25, 0.3) is 0 Å². The van der Waals surface area contributed by atoms with Crippen LogP contribution in [0.2, 0.25) is 0 Å². The first-order valence-corrected chi connectivity index (χ1v) is 6.20. The number of hydrogen-bond donors (Lipinski definition) is 1. The van der Waals surface area contributed by atoms with Crippen LogP contribution in [0.3, 0.4) is 0 Å². The Labute approximate surface area is 109 Å². The van der Waals surface area contributed by atoms with E-state index in [1.807, 2.05) is 12.1 Å². The highest BCUT2D eigenvalue weighted by Gasteiger charge is 2.11. The summed E-state index contributed by atoms with van der Waals surface area (Å²) in [4.78, 5) is 20.5. The predicted octanol–water partition coefficient (Wildman–Crippen LogP) is 2.52. The fourth-order valence-electron chi connectivity index (χ4n) is 2.11. The quantitative estimate of drug-likeness (QED) is 0.679. The topological polar surface area (TPSA) is 42.9 Å². The van der Waals surface area contributed by atoms with Crippen LogP contribution in [-0.2, 0) is 5.75 Å². The fourth-order valence-corrected chi connectivity index (χ4v) is 2.37. The van der Waals surface area contributed by atoms with Gasteiger partial charge in [-0.25, -0.2) is 0 Å². The molecule has 0 radical (unpaired) electrons. The van der Waals surface area contributed by atoms with Gasteiger partial charge in [0.1, 0.15) is 0 Å². The number of hydrogen-bond acceptors (Lipinski definition) is 4. The molecule has 0 amide bonds. The lowest BCUT2D eigenvalue weighted by molar-refractivity contribution is 1.30. The zero-order valence-corrected chi connectivity index (χ0v) is 10.4. The van der Waals surface area contributed by atoms with E-state index < -0.39 is 0 Å². The predicted molar refractivity (Wildman–Crippen MR) is 75.1 cm³/mol. The van der Waals surface area contributed by atoms with Crippen molar-refractivity contribution < 1.29 is 0 Å². The third-order valence-corrected chi connectivity index (χ3v) is 3.31. The maximum atomic E-state index is 12.0. The van der Waals surface area contributed by atoms with Crippen molar-refractivity contribution in [3.8, 4) is 11.3 Å². The van der Waals surface area contributed by atoms with Crippen LogP contribution in [0.25, 0.3) is 22.0 Å². The molecule has 0 saturated carbocycles. The van der Waals surface area contributed by atoms with E-state index in [0.717, 1.165) is 16.3 Å². The van der Waals surface area contributed by atoms with Crippen LogP contribution in [0.5, 0.6) is 0 Å². The molecule has 0 saturated heterocycles. The average Bonchev–Trinajstić information content (AvgIpc) is 2.56. The van der Waals surface area contributed by atoms with Crippen LogP contribution in [-0.4, -0.2) is 9.97 Å². The van der Waals surface area contributed by atoms with E-state index in [-0.39, 0.29) is 5.43 Å². The molecule has 0 aromatic carbocycles. The molecule has 0 unspecified atom stereocenters. The van der Waals surface area contributed by atoms with E-state index in [1.165, 1.54) is 0 Å². The zero-order chi connectivity index (χ0) is 12.5. The molecule has 2 heterocycles. The molecule has 3 rings (SSSR count). The van der Waals surface area contributed by atoms with Gasteiger partial charge in [0, 0.05) is 29.7 Å². The Bertz CT molecular complexity index is 758. The Hall–Kier alpha value is -1.94. The van der Waals surface area contributed by atoms with Crippen LogP contribution < -0.4 is 5.43 Å². The van der Waals surface area contributed by atoms with E-state index in [0.29, 0.717) is 17.0 Å². The summed E-state index contributed by atoms with van der Waals surface area (Å²) in [6.07, 6.45) is 5.21. The smallest absolute Gasteiger partial charge is 0.188 e. The second kappa shape index (κ2) is 4.38. The Kier molecular flexibility index (Phi) is 2.72. The molecule has 0 atom stereocenters. The summed E-state index contributed by atoms with van der Waals surface area (Å²) in [6, 6.07) is 7.01. The van der Waals surface area contributed by atoms with E-state index in [1.54, 1.807) is 30.7 Å².